The molecule has 2 aromatic rings. The van der Waals surface area contributed by atoms with Crippen LogP contribution in [0.5, 0.6) is 0 Å². The van der Waals surface area contributed by atoms with E-state index in [0.717, 1.165) is 12.1 Å². The number of benzene rings is 1. The molecule has 2 fully saturated rings. The minimum atomic E-state index is -0.275. The van der Waals surface area contributed by atoms with Crippen molar-refractivity contribution in [2.24, 2.45) is 5.92 Å². The molecule has 1 aliphatic heterocycles. The topological polar surface area (TPSA) is 96.3 Å². The van der Waals surface area contributed by atoms with Crippen LogP contribution in [-0.4, -0.2) is 29.1 Å². The molecule has 3 unspecified atom stereocenters. The average Bonchev–Trinajstić information content (AvgIpc) is 3.29. The summed E-state index contributed by atoms with van der Waals surface area (Å²) in [7, 11) is 0. The Morgan fingerprint density at radius 3 is 2.48 bits per heavy atom. The van der Waals surface area contributed by atoms with E-state index >= 15 is 0 Å². The third kappa shape index (κ3) is 3.88. The molecule has 3 N–H and O–H groups in total. The Hall–Kier alpha value is -2.67. The van der Waals surface area contributed by atoms with Crippen molar-refractivity contribution in [2.75, 3.05) is 10.6 Å². The van der Waals surface area contributed by atoms with Crippen LogP contribution < -0.4 is 16.0 Å². The summed E-state index contributed by atoms with van der Waals surface area (Å²) in [4.78, 5) is 24.7. The molecular formula is C20H24N4O3. The maximum Gasteiger partial charge on any atom is 0.260 e. The van der Waals surface area contributed by atoms with Gasteiger partial charge in [-0.2, -0.15) is 0 Å². The number of carbonyl (C=O) groups is 2. The molecule has 7 nitrogen and oxygen atoms in total. The van der Waals surface area contributed by atoms with Gasteiger partial charge in [0.15, 0.2) is 0 Å². The van der Waals surface area contributed by atoms with Crippen LogP contribution in [0.1, 0.15) is 48.2 Å². The highest BCUT2D eigenvalue weighted by Crippen LogP contribution is 2.33. The summed E-state index contributed by atoms with van der Waals surface area (Å²) in [6.45, 7) is 1.69. The Kier molecular flexibility index (Phi) is 4.94. The molecule has 0 bridgehead atoms. The summed E-state index contributed by atoms with van der Waals surface area (Å²) < 4.78 is 4.91. The van der Waals surface area contributed by atoms with Crippen LogP contribution in [0.4, 0.5) is 11.4 Å². The van der Waals surface area contributed by atoms with Gasteiger partial charge in [-0.15, -0.1) is 0 Å². The second-order valence-electron chi connectivity index (χ2n) is 7.42. The lowest BCUT2D eigenvalue weighted by atomic mass is 9.85. The lowest BCUT2D eigenvalue weighted by Crippen LogP contribution is -2.39. The number of nitrogens with one attached hydrogen (secondary N) is 3. The molecule has 4 rings (SSSR count). The first-order valence-electron chi connectivity index (χ1n) is 9.50. The smallest absolute Gasteiger partial charge is 0.260 e. The number of fused-ring (bicyclic) bond motifs is 1. The molecule has 7 heteroatoms. The van der Waals surface area contributed by atoms with Crippen molar-refractivity contribution in [1.82, 2.24) is 10.5 Å². The first kappa shape index (κ1) is 17.7. The second-order valence-corrected chi connectivity index (χ2v) is 7.42. The van der Waals surface area contributed by atoms with Crippen molar-refractivity contribution in [3.8, 4) is 0 Å². The van der Waals surface area contributed by atoms with Gasteiger partial charge in [0, 0.05) is 17.4 Å². The van der Waals surface area contributed by atoms with Gasteiger partial charge in [-0.1, -0.05) is 18.0 Å². The number of amides is 2. The monoisotopic (exact) mass is 368 g/mol. The number of aromatic nitrogens is 1. The average molecular weight is 368 g/mol. The minimum Gasteiger partial charge on any atom is -0.361 e. The Labute approximate surface area is 157 Å². The van der Waals surface area contributed by atoms with E-state index in [1.165, 1.54) is 31.9 Å². The molecule has 3 atom stereocenters. The Balaban J connectivity index is 1.33. The standard InChI is InChI=1S/C20H24N4O3/c1-12-16(11-21-27-12)19(25)22-14-6-8-15(9-7-14)23-20(26)18-10-13-4-2-3-5-17(13)24-18/h6-9,11,13,17-18,24H,2-5,10H2,1H3,(H,22,25)(H,23,26). The van der Waals surface area contributed by atoms with Gasteiger partial charge in [0.2, 0.25) is 5.91 Å². The van der Waals surface area contributed by atoms with Gasteiger partial charge in [0.25, 0.3) is 5.91 Å². The van der Waals surface area contributed by atoms with Gasteiger partial charge in [0.1, 0.15) is 11.3 Å². The number of aryl methyl sites for hydroxylation is 1. The fourth-order valence-corrected chi connectivity index (χ4v) is 4.10. The lowest BCUT2D eigenvalue weighted by Gasteiger charge is -2.24. The van der Waals surface area contributed by atoms with Crippen LogP contribution in [0.25, 0.3) is 0 Å². The van der Waals surface area contributed by atoms with E-state index in [1.54, 1.807) is 31.2 Å². The van der Waals surface area contributed by atoms with Gasteiger partial charge in [-0.25, -0.2) is 0 Å². The summed E-state index contributed by atoms with van der Waals surface area (Å²) in [6, 6.07) is 7.48. The molecule has 142 valence electrons. The number of rotatable bonds is 4. The third-order valence-electron chi connectivity index (χ3n) is 5.58. The third-order valence-corrected chi connectivity index (χ3v) is 5.58. The number of carbonyl (C=O) groups excluding carboxylic acids is 2. The zero-order valence-corrected chi connectivity index (χ0v) is 15.3. The van der Waals surface area contributed by atoms with E-state index in [-0.39, 0.29) is 17.9 Å². The summed E-state index contributed by atoms with van der Waals surface area (Å²) >= 11 is 0. The predicted molar refractivity (Wildman–Crippen MR) is 102 cm³/mol. The highest BCUT2D eigenvalue weighted by molar-refractivity contribution is 6.04. The first-order chi connectivity index (χ1) is 13.1. The maximum absolute atomic E-state index is 12.6. The predicted octanol–water partition coefficient (Wildman–Crippen LogP) is 3.09. The van der Waals surface area contributed by atoms with Gasteiger partial charge in [-0.3, -0.25) is 9.59 Å². The normalized spacial score (nSPS) is 24.3. The molecular weight excluding hydrogens is 344 g/mol. The van der Waals surface area contributed by atoms with Crippen molar-refractivity contribution in [3.63, 3.8) is 0 Å². The molecule has 1 aromatic carbocycles. The van der Waals surface area contributed by atoms with Crippen LogP contribution in [0, 0.1) is 12.8 Å². The Morgan fingerprint density at radius 2 is 1.81 bits per heavy atom. The van der Waals surface area contributed by atoms with Crippen LogP contribution in [-0.2, 0) is 4.79 Å². The molecule has 0 radical (unpaired) electrons. The molecule has 1 saturated carbocycles. The van der Waals surface area contributed by atoms with Crippen molar-refractivity contribution < 1.29 is 14.1 Å². The molecule has 27 heavy (non-hydrogen) atoms. The van der Waals surface area contributed by atoms with E-state index in [1.807, 2.05) is 0 Å². The summed E-state index contributed by atoms with van der Waals surface area (Å²) in [6.07, 6.45) is 7.24. The largest absolute Gasteiger partial charge is 0.361 e. The van der Waals surface area contributed by atoms with Crippen molar-refractivity contribution in [2.45, 2.75) is 51.1 Å². The van der Waals surface area contributed by atoms with Gasteiger partial charge in [-0.05, 0) is 56.4 Å². The Bertz CT molecular complexity index is 816. The highest BCUT2D eigenvalue weighted by atomic mass is 16.5. The molecule has 1 aliphatic carbocycles. The summed E-state index contributed by atoms with van der Waals surface area (Å²) in [5, 5.41) is 12.9. The fraction of sp³-hybridized carbons (Fsp3) is 0.450. The van der Waals surface area contributed by atoms with Crippen LogP contribution in [0.15, 0.2) is 35.0 Å². The van der Waals surface area contributed by atoms with Crippen LogP contribution >= 0.6 is 0 Å². The molecule has 1 aromatic heterocycles. The zero-order valence-electron chi connectivity index (χ0n) is 15.3. The molecule has 2 heterocycles. The van der Waals surface area contributed by atoms with Crippen molar-refractivity contribution in [1.29, 1.82) is 0 Å². The van der Waals surface area contributed by atoms with Crippen LogP contribution in [0.3, 0.4) is 0 Å². The van der Waals surface area contributed by atoms with Gasteiger partial charge < -0.3 is 20.5 Å². The quantitative estimate of drug-likeness (QED) is 0.771. The van der Waals surface area contributed by atoms with Gasteiger partial charge in [0.05, 0.1) is 12.2 Å². The molecule has 2 aliphatic rings. The SMILES string of the molecule is Cc1oncc1C(=O)Nc1ccc(NC(=O)C2CC3CCCCC3N2)cc1. The fourth-order valence-electron chi connectivity index (χ4n) is 4.10. The van der Waals surface area contributed by atoms with E-state index in [9.17, 15) is 9.59 Å². The number of hydrogen-bond donors (Lipinski definition) is 3. The number of hydrogen-bond acceptors (Lipinski definition) is 5. The summed E-state index contributed by atoms with van der Waals surface area (Å²) in [5.41, 5.74) is 1.76. The zero-order chi connectivity index (χ0) is 18.8. The highest BCUT2D eigenvalue weighted by Gasteiger charge is 2.38. The summed E-state index contributed by atoms with van der Waals surface area (Å²) in [5.74, 6) is 0.846. The van der Waals surface area contributed by atoms with E-state index in [4.69, 9.17) is 4.52 Å². The van der Waals surface area contributed by atoms with Crippen LogP contribution in [0.2, 0.25) is 0 Å². The van der Waals surface area contributed by atoms with E-state index < -0.39 is 0 Å². The van der Waals surface area contributed by atoms with E-state index in [0.29, 0.717) is 29.0 Å². The van der Waals surface area contributed by atoms with Gasteiger partial charge >= 0.3 is 0 Å². The second kappa shape index (κ2) is 7.52. The maximum atomic E-state index is 12.6. The van der Waals surface area contributed by atoms with Crippen molar-refractivity contribution in [3.05, 3.63) is 41.8 Å². The number of nitrogens with zero attached hydrogens (tertiary/aromatic N) is 1. The lowest BCUT2D eigenvalue weighted by molar-refractivity contribution is -0.117. The number of anilines is 2. The van der Waals surface area contributed by atoms with E-state index in [2.05, 4.69) is 21.1 Å². The Morgan fingerprint density at radius 1 is 1.11 bits per heavy atom. The molecule has 1 saturated heterocycles. The molecule has 0 spiro atoms. The minimum absolute atomic E-state index is 0.0151. The molecule has 2 amide bonds. The van der Waals surface area contributed by atoms with Crippen molar-refractivity contribution >= 4 is 23.2 Å². The first-order valence-corrected chi connectivity index (χ1v) is 9.50.